The van der Waals surface area contributed by atoms with E-state index in [2.05, 4.69) is 13.8 Å². The molecule has 0 radical (unpaired) electrons. The number of aryl methyl sites for hydroxylation is 2. The van der Waals surface area contributed by atoms with Crippen LogP contribution in [0.1, 0.15) is 46.5 Å². The van der Waals surface area contributed by atoms with E-state index in [4.69, 9.17) is 4.74 Å². The third-order valence-electron chi connectivity index (χ3n) is 4.03. The molecule has 0 aliphatic carbocycles. The van der Waals surface area contributed by atoms with E-state index < -0.39 is 0 Å². The number of fused-ring (bicyclic) bond motifs is 1. The highest BCUT2D eigenvalue weighted by atomic mass is 16.5. The molecule has 0 fully saturated rings. The van der Waals surface area contributed by atoms with E-state index in [1.54, 1.807) is 0 Å². The summed E-state index contributed by atoms with van der Waals surface area (Å²) >= 11 is 0. The molecule has 0 atom stereocenters. The van der Waals surface area contributed by atoms with Gasteiger partial charge in [-0.05, 0) is 62.6 Å². The summed E-state index contributed by atoms with van der Waals surface area (Å²) in [6.45, 7) is 8.11. The largest absolute Gasteiger partial charge is 0.487 e. The first kappa shape index (κ1) is 13.9. The third kappa shape index (κ3) is 2.46. The summed E-state index contributed by atoms with van der Waals surface area (Å²) in [6, 6.07) is 11.7. The molecular weight excluding hydrogens is 260 g/mol. The average Bonchev–Trinajstić information content (AvgIpc) is 2.70. The van der Waals surface area contributed by atoms with Crippen molar-refractivity contribution in [1.29, 1.82) is 0 Å². The fourth-order valence-electron chi connectivity index (χ4n) is 3.07. The molecular formula is C19H20O2. The van der Waals surface area contributed by atoms with Crippen molar-refractivity contribution in [2.24, 2.45) is 0 Å². The lowest BCUT2D eigenvalue weighted by Crippen LogP contribution is -2.24. The second kappa shape index (κ2) is 4.73. The Balaban J connectivity index is 2.01. The number of ether oxygens (including phenoxy) is 1. The number of carbonyl (C=O) groups excluding carboxylic acids is 1. The van der Waals surface area contributed by atoms with Gasteiger partial charge < -0.3 is 4.74 Å². The highest BCUT2D eigenvalue weighted by Gasteiger charge is 2.30. The molecule has 0 spiro atoms. The summed E-state index contributed by atoms with van der Waals surface area (Å²) in [7, 11) is 0. The van der Waals surface area contributed by atoms with Gasteiger partial charge in [-0.25, -0.2) is 0 Å². The Labute approximate surface area is 125 Å². The summed E-state index contributed by atoms with van der Waals surface area (Å²) in [6.07, 6.45) is 0.843. The lowest BCUT2D eigenvalue weighted by atomic mass is 9.93. The molecule has 1 aliphatic heterocycles. The summed E-state index contributed by atoms with van der Waals surface area (Å²) < 4.78 is 5.87. The molecule has 0 aromatic heterocycles. The van der Waals surface area contributed by atoms with E-state index in [-0.39, 0.29) is 11.4 Å². The van der Waals surface area contributed by atoms with E-state index in [1.807, 2.05) is 50.2 Å². The quantitative estimate of drug-likeness (QED) is 0.769. The second-order valence-electron chi connectivity index (χ2n) is 6.46. The van der Waals surface area contributed by atoms with Crippen molar-refractivity contribution in [3.63, 3.8) is 0 Å². The highest BCUT2D eigenvalue weighted by molar-refractivity contribution is 6.11. The van der Waals surface area contributed by atoms with Crippen LogP contribution in [0.3, 0.4) is 0 Å². The number of hydrogen-bond donors (Lipinski definition) is 0. The first-order chi connectivity index (χ1) is 9.87. The number of carbonyl (C=O) groups is 1. The van der Waals surface area contributed by atoms with Gasteiger partial charge in [0, 0.05) is 17.5 Å². The zero-order valence-electron chi connectivity index (χ0n) is 13.0. The molecule has 2 aromatic rings. The molecule has 0 N–H and O–H groups in total. The molecule has 3 rings (SSSR count). The molecule has 0 unspecified atom stereocenters. The molecule has 0 saturated carbocycles. The van der Waals surface area contributed by atoms with Crippen LogP contribution in [0.4, 0.5) is 0 Å². The van der Waals surface area contributed by atoms with Crippen LogP contribution in [0.2, 0.25) is 0 Å². The predicted octanol–water partition coefficient (Wildman–Crippen LogP) is 4.25. The van der Waals surface area contributed by atoms with E-state index in [9.17, 15) is 4.79 Å². The van der Waals surface area contributed by atoms with Crippen LogP contribution in [0, 0.1) is 13.8 Å². The first-order valence-corrected chi connectivity index (χ1v) is 7.30. The molecule has 0 saturated heterocycles. The lowest BCUT2D eigenvalue weighted by Gasteiger charge is -2.16. The Morgan fingerprint density at radius 3 is 2.43 bits per heavy atom. The molecule has 1 heterocycles. The van der Waals surface area contributed by atoms with Crippen LogP contribution >= 0.6 is 0 Å². The minimum absolute atomic E-state index is 0.0955. The molecule has 2 nitrogen and oxygen atoms in total. The van der Waals surface area contributed by atoms with E-state index in [1.165, 1.54) is 0 Å². The molecule has 0 amide bonds. The zero-order chi connectivity index (χ0) is 15.2. The Bertz CT molecular complexity index is 706. The fraction of sp³-hybridized carbons (Fsp3) is 0.316. The van der Waals surface area contributed by atoms with Crippen molar-refractivity contribution in [3.8, 4) is 5.75 Å². The van der Waals surface area contributed by atoms with Crippen LogP contribution < -0.4 is 4.74 Å². The average molecular weight is 280 g/mol. The number of ketones is 1. The summed E-state index contributed by atoms with van der Waals surface area (Å²) in [5.41, 5.74) is 4.55. The smallest absolute Gasteiger partial charge is 0.193 e. The van der Waals surface area contributed by atoms with Gasteiger partial charge in [0.2, 0.25) is 0 Å². The van der Waals surface area contributed by atoms with Gasteiger partial charge in [-0.3, -0.25) is 4.79 Å². The Morgan fingerprint density at radius 1 is 1.10 bits per heavy atom. The van der Waals surface area contributed by atoms with Gasteiger partial charge in [-0.15, -0.1) is 0 Å². The normalized spacial score (nSPS) is 15.4. The van der Waals surface area contributed by atoms with E-state index in [0.717, 1.165) is 40.0 Å². The Kier molecular flexibility index (Phi) is 3.12. The van der Waals surface area contributed by atoms with Gasteiger partial charge in [0.05, 0.1) is 0 Å². The fourth-order valence-corrected chi connectivity index (χ4v) is 3.07. The van der Waals surface area contributed by atoms with Crippen molar-refractivity contribution in [2.75, 3.05) is 0 Å². The van der Waals surface area contributed by atoms with Crippen LogP contribution in [0.25, 0.3) is 0 Å². The molecule has 21 heavy (non-hydrogen) atoms. The molecule has 2 heteroatoms. The monoisotopic (exact) mass is 280 g/mol. The lowest BCUT2D eigenvalue weighted by molar-refractivity contribution is 0.103. The second-order valence-corrected chi connectivity index (χ2v) is 6.46. The minimum atomic E-state index is -0.178. The SMILES string of the molecule is Cc1cccc(C)c1C(=O)c1ccc2c(c1)CC(C)(C)O2. The molecule has 1 aliphatic rings. The maximum Gasteiger partial charge on any atom is 0.193 e. The Morgan fingerprint density at radius 2 is 1.76 bits per heavy atom. The molecule has 2 aromatic carbocycles. The van der Waals surface area contributed by atoms with Crippen molar-refractivity contribution in [3.05, 3.63) is 64.2 Å². The van der Waals surface area contributed by atoms with E-state index >= 15 is 0 Å². The molecule has 0 bridgehead atoms. The van der Waals surface area contributed by atoms with Crippen molar-refractivity contribution >= 4 is 5.78 Å². The number of benzene rings is 2. The highest BCUT2D eigenvalue weighted by Crippen LogP contribution is 2.35. The van der Waals surface area contributed by atoms with Crippen LogP contribution in [-0.4, -0.2) is 11.4 Å². The topological polar surface area (TPSA) is 26.3 Å². The van der Waals surface area contributed by atoms with Gasteiger partial charge >= 0.3 is 0 Å². The maximum atomic E-state index is 12.8. The van der Waals surface area contributed by atoms with Gasteiger partial charge in [0.25, 0.3) is 0 Å². The summed E-state index contributed by atoms with van der Waals surface area (Å²) in [5.74, 6) is 0.996. The summed E-state index contributed by atoms with van der Waals surface area (Å²) in [4.78, 5) is 12.8. The van der Waals surface area contributed by atoms with Gasteiger partial charge in [0.15, 0.2) is 5.78 Å². The third-order valence-corrected chi connectivity index (χ3v) is 4.03. The van der Waals surface area contributed by atoms with Crippen LogP contribution in [-0.2, 0) is 6.42 Å². The number of hydrogen-bond acceptors (Lipinski definition) is 2. The summed E-state index contributed by atoms with van der Waals surface area (Å²) in [5, 5.41) is 0. The van der Waals surface area contributed by atoms with Crippen LogP contribution in [0.15, 0.2) is 36.4 Å². The van der Waals surface area contributed by atoms with Crippen LogP contribution in [0.5, 0.6) is 5.75 Å². The van der Waals surface area contributed by atoms with Crippen molar-refractivity contribution < 1.29 is 9.53 Å². The molecule has 108 valence electrons. The number of rotatable bonds is 2. The maximum absolute atomic E-state index is 12.8. The van der Waals surface area contributed by atoms with E-state index in [0.29, 0.717) is 0 Å². The van der Waals surface area contributed by atoms with Gasteiger partial charge in [-0.1, -0.05) is 18.2 Å². The first-order valence-electron chi connectivity index (χ1n) is 7.30. The standard InChI is InChI=1S/C19H20O2/c1-12-6-5-7-13(2)17(12)18(20)14-8-9-16-15(10-14)11-19(3,4)21-16/h5-10H,11H2,1-4H3. The van der Waals surface area contributed by atoms with Crippen molar-refractivity contribution in [2.45, 2.75) is 39.7 Å². The van der Waals surface area contributed by atoms with Gasteiger partial charge in [-0.2, -0.15) is 0 Å². The minimum Gasteiger partial charge on any atom is -0.487 e. The zero-order valence-corrected chi connectivity index (χ0v) is 13.0. The Hall–Kier alpha value is -2.09. The van der Waals surface area contributed by atoms with Crippen molar-refractivity contribution in [1.82, 2.24) is 0 Å². The predicted molar refractivity (Wildman–Crippen MR) is 84.2 cm³/mol. The van der Waals surface area contributed by atoms with Gasteiger partial charge in [0.1, 0.15) is 11.4 Å².